The number of ether oxygens (including phenoxy) is 1. The number of hydrogen-bond acceptors (Lipinski definition) is 4. The second-order valence-electron chi connectivity index (χ2n) is 6.41. The summed E-state index contributed by atoms with van der Waals surface area (Å²) in [6, 6.07) is 8.00. The van der Waals surface area contributed by atoms with Crippen molar-refractivity contribution in [1.82, 2.24) is 15.5 Å². The summed E-state index contributed by atoms with van der Waals surface area (Å²) in [5.41, 5.74) is 1.10. The van der Waals surface area contributed by atoms with Gasteiger partial charge in [-0.3, -0.25) is 9.69 Å². The van der Waals surface area contributed by atoms with Gasteiger partial charge in [0.15, 0.2) is 0 Å². The molecule has 0 radical (unpaired) electrons. The molecule has 0 saturated carbocycles. The third kappa shape index (κ3) is 4.94. The van der Waals surface area contributed by atoms with Crippen molar-refractivity contribution in [2.75, 3.05) is 32.8 Å². The minimum atomic E-state index is -0.0109. The molecule has 2 saturated heterocycles. The van der Waals surface area contributed by atoms with E-state index >= 15 is 0 Å². The van der Waals surface area contributed by atoms with E-state index in [2.05, 4.69) is 15.5 Å². The highest BCUT2D eigenvalue weighted by molar-refractivity contribution is 5.81. The van der Waals surface area contributed by atoms with E-state index in [1.807, 2.05) is 24.3 Å². The Morgan fingerprint density at radius 1 is 1.22 bits per heavy atom. The van der Waals surface area contributed by atoms with E-state index in [1.54, 1.807) is 0 Å². The van der Waals surface area contributed by atoms with Crippen LogP contribution in [0.3, 0.4) is 0 Å². The summed E-state index contributed by atoms with van der Waals surface area (Å²) in [6.07, 6.45) is 4.66. The van der Waals surface area contributed by atoms with Gasteiger partial charge in [0.1, 0.15) is 12.4 Å². The summed E-state index contributed by atoms with van der Waals surface area (Å²) in [5.74, 6) is 1.00. The summed E-state index contributed by atoms with van der Waals surface area (Å²) in [5, 5.41) is 6.20. The van der Waals surface area contributed by atoms with Crippen molar-refractivity contribution in [2.24, 2.45) is 0 Å². The van der Waals surface area contributed by atoms with E-state index in [4.69, 9.17) is 4.74 Å². The molecule has 5 heteroatoms. The average Bonchev–Trinajstić information content (AvgIpc) is 3.27. The molecular weight excluding hydrogens is 290 g/mol. The minimum Gasteiger partial charge on any atom is -0.492 e. The van der Waals surface area contributed by atoms with Crippen molar-refractivity contribution < 1.29 is 9.53 Å². The summed E-state index contributed by atoms with van der Waals surface area (Å²) < 4.78 is 5.79. The Morgan fingerprint density at radius 2 is 2.00 bits per heavy atom. The highest BCUT2D eigenvalue weighted by atomic mass is 16.5. The number of benzene rings is 1. The molecule has 126 valence electrons. The molecule has 1 aromatic carbocycles. The van der Waals surface area contributed by atoms with Crippen LogP contribution in [0.25, 0.3) is 0 Å². The van der Waals surface area contributed by atoms with E-state index in [0.29, 0.717) is 6.54 Å². The zero-order valence-electron chi connectivity index (χ0n) is 13.7. The molecule has 1 atom stereocenters. The number of likely N-dealkylation sites (tertiary alicyclic amines) is 1. The Hall–Kier alpha value is -1.59. The zero-order valence-corrected chi connectivity index (χ0v) is 13.7. The molecule has 0 aromatic heterocycles. The van der Waals surface area contributed by atoms with Crippen LogP contribution in [0.5, 0.6) is 5.75 Å². The van der Waals surface area contributed by atoms with Crippen molar-refractivity contribution >= 4 is 5.91 Å². The molecule has 2 heterocycles. The van der Waals surface area contributed by atoms with Gasteiger partial charge in [-0.2, -0.15) is 0 Å². The molecule has 1 amide bonds. The first-order chi connectivity index (χ1) is 11.3. The quantitative estimate of drug-likeness (QED) is 0.801. The van der Waals surface area contributed by atoms with Gasteiger partial charge in [-0.25, -0.2) is 0 Å². The monoisotopic (exact) mass is 317 g/mol. The SMILES string of the molecule is O=C(NCc1ccc(OCCN2CCCC2)cc1)C1CCCN1. The van der Waals surface area contributed by atoms with Crippen LogP contribution in [0.2, 0.25) is 0 Å². The first-order valence-electron chi connectivity index (χ1n) is 8.76. The number of hydrogen-bond donors (Lipinski definition) is 2. The predicted molar refractivity (Wildman–Crippen MR) is 90.5 cm³/mol. The maximum Gasteiger partial charge on any atom is 0.237 e. The predicted octanol–water partition coefficient (Wildman–Crippen LogP) is 1.53. The Labute approximate surface area is 138 Å². The lowest BCUT2D eigenvalue weighted by molar-refractivity contribution is -0.122. The van der Waals surface area contributed by atoms with Gasteiger partial charge >= 0.3 is 0 Å². The molecule has 2 fully saturated rings. The van der Waals surface area contributed by atoms with E-state index in [1.165, 1.54) is 25.9 Å². The smallest absolute Gasteiger partial charge is 0.237 e. The molecule has 1 unspecified atom stereocenters. The number of nitrogens with zero attached hydrogens (tertiary/aromatic N) is 1. The fraction of sp³-hybridized carbons (Fsp3) is 0.611. The second-order valence-corrected chi connectivity index (χ2v) is 6.41. The lowest BCUT2D eigenvalue weighted by Gasteiger charge is -2.15. The van der Waals surface area contributed by atoms with Gasteiger partial charge in [-0.05, 0) is 63.0 Å². The van der Waals surface area contributed by atoms with Crippen LogP contribution in [0.1, 0.15) is 31.2 Å². The second kappa shape index (κ2) is 8.31. The molecule has 2 N–H and O–H groups in total. The van der Waals surface area contributed by atoms with Crippen molar-refractivity contribution in [3.63, 3.8) is 0 Å². The number of amides is 1. The van der Waals surface area contributed by atoms with Crippen molar-refractivity contribution in [2.45, 2.75) is 38.3 Å². The van der Waals surface area contributed by atoms with Gasteiger partial charge in [-0.15, -0.1) is 0 Å². The average molecular weight is 317 g/mol. The van der Waals surface area contributed by atoms with Crippen LogP contribution in [0, 0.1) is 0 Å². The van der Waals surface area contributed by atoms with E-state index in [0.717, 1.165) is 43.9 Å². The van der Waals surface area contributed by atoms with Crippen LogP contribution >= 0.6 is 0 Å². The van der Waals surface area contributed by atoms with Gasteiger partial charge in [-0.1, -0.05) is 12.1 Å². The Bertz CT molecular complexity index is 491. The molecule has 0 aliphatic carbocycles. The van der Waals surface area contributed by atoms with Crippen LogP contribution in [-0.4, -0.2) is 49.6 Å². The van der Waals surface area contributed by atoms with Crippen LogP contribution in [0.4, 0.5) is 0 Å². The molecule has 2 aliphatic heterocycles. The number of carbonyl (C=O) groups is 1. The van der Waals surface area contributed by atoms with Crippen LogP contribution in [-0.2, 0) is 11.3 Å². The molecule has 0 spiro atoms. The third-order valence-corrected chi connectivity index (χ3v) is 4.64. The van der Waals surface area contributed by atoms with Crippen molar-refractivity contribution in [3.05, 3.63) is 29.8 Å². The first-order valence-corrected chi connectivity index (χ1v) is 8.76. The van der Waals surface area contributed by atoms with E-state index < -0.39 is 0 Å². The van der Waals surface area contributed by atoms with Crippen LogP contribution < -0.4 is 15.4 Å². The summed E-state index contributed by atoms with van der Waals surface area (Å²) in [4.78, 5) is 14.4. The molecule has 23 heavy (non-hydrogen) atoms. The Balaban J connectivity index is 1.37. The molecule has 1 aromatic rings. The topological polar surface area (TPSA) is 53.6 Å². The fourth-order valence-electron chi connectivity index (χ4n) is 3.22. The zero-order chi connectivity index (χ0) is 15.9. The van der Waals surface area contributed by atoms with Gasteiger partial charge in [0, 0.05) is 13.1 Å². The van der Waals surface area contributed by atoms with Gasteiger partial charge in [0.25, 0.3) is 0 Å². The lowest BCUT2D eigenvalue weighted by atomic mass is 10.2. The van der Waals surface area contributed by atoms with Gasteiger partial charge < -0.3 is 15.4 Å². The Kier molecular flexibility index (Phi) is 5.88. The fourth-order valence-corrected chi connectivity index (χ4v) is 3.22. The first kappa shape index (κ1) is 16.3. The Morgan fingerprint density at radius 3 is 2.70 bits per heavy atom. The molecule has 3 rings (SSSR count). The molecule has 5 nitrogen and oxygen atoms in total. The standard InChI is InChI=1S/C18H27N3O2/c22-18(17-4-3-9-19-17)20-14-15-5-7-16(8-6-15)23-13-12-21-10-1-2-11-21/h5-8,17,19H,1-4,9-14H2,(H,20,22). The lowest BCUT2D eigenvalue weighted by Crippen LogP contribution is -2.39. The minimum absolute atomic E-state index is 0.0109. The maximum atomic E-state index is 11.9. The largest absolute Gasteiger partial charge is 0.492 e. The van der Waals surface area contributed by atoms with E-state index in [9.17, 15) is 4.79 Å². The molecular formula is C18H27N3O2. The number of nitrogens with one attached hydrogen (secondary N) is 2. The highest BCUT2D eigenvalue weighted by Gasteiger charge is 2.21. The maximum absolute atomic E-state index is 11.9. The summed E-state index contributed by atoms with van der Waals surface area (Å²) in [6.45, 7) is 5.68. The number of carbonyl (C=O) groups excluding carboxylic acids is 1. The number of rotatable bonds is 7. The molecule has 2 aliphatic rings. The third-order valence-electron chi connectivity index (χ3n) is 4.64. The summed E-state index contributed by atoms with van der Waals surface area (Å²) >= 11 is 0. The normalized spacial score (nSPS) is 21.5. The summed E-state index contributed by atoms with van der Waals surface area (Å²) in [7, 11) is 0. The van der Waals surface area contributed by atoms with Crippen molar-refractivity contribution in [1.29, 1.82) is 0 Å². The molecule has 0 bridgehead atoms. The van der Waals surface area contributed by atoms with Crippen molar-refractivity contribution in [3.8, 4) is 5.75 Å². The van der Waals surface area contributed by atoms with Gasteiger partial charge in [0.05, 0.1) is 6.04 Å². The van der Waals surface area contributed by atoms with E-state index in [-0.39, 0.29) is 11.9 Å². The van der Waals surface area contributed by atoms with Crippen LogP contribution in [0.15, 0.2) is 24.3 Å². The van der Waals surface area contributed by atoms with Gasteiger partial charge in [0.2, 0.25) is 5.91 Å². The highest BCUT2D eigenvalue weighted by Crippen LogP contribution is 2.13.